The highest BCUT2D eigenvalue weighted by molar-refractivity contribution is 9.10. The first-order chi connectivity index (χ1) is 8.20. The van der Waals surface area contributed by atoms with E-state index in [1.54, 1.807) is 10.9 Å². The monoisotopic (exact) mass is 312 g/mol. The lowest BCUT2D eigenvalue weighted by Crippen LogP contribution is -2.12. The van der Waals surface area contributed by atoms with Crippen LogP contribution < -0.4 is 5.73 Å². The Bertz CT molecular complexity index is 550. The van der Waals surface area contributed by atoms with E-state index in [1.165, 1.54) is 0 Å². The summed E-state index contributed by atoms with van der Waals surface area (Å²) in [5, 5.41) is 4.21. The van der Waals surface area contributed by atoms with Gasteiger partial charge >= 0.3 is 0 Å². The molecule has 1 aromatic carbocycles. The topological polar surface area (TPSA) is 56.2 Å². The van der Waals surface area contributed by atoms with Crippen LogP contribution in [0, 0.1) is 0 Å². The third kappa shape index (κ3) is 2.87. The van der Waals surface area contributed by atoms with E-state index >= 15 is 0 Å². The Morgan fingerprint density at radius 2 is 2.24 bits per heavy atom. The Morgan fingerprint density at radius 3 is 2.88 bits per heavy atom. The second-order valence-electron chi connectivity index (χ2n) is 3.33. The van der Waals surface area contributed by atoms with Gasteiger partial charge in [0.25, 0.3) is 0 Å². The molecule has 0 amide bonds. The van der Waals surface area contributed by atoms with Gasteiger partial charge in [-0.2, -0.15) is 5.10 Å². The van der Waals surface area contributed by atoms with E-state index in [2.05, 4.69) is 26.0 Å². The summed E-state index contributed by atoms with van der Waals surface area (Å²) in [6.07, 6.45) is 3.57. The average molecular weight is 314 g/mol. The lowest BCUT2D eigenvalue weighted by Gasteiger charge is -2.05. The average Bonchev–Trinajstić information content (AvgIpc) is 2.76. The number of aliphatic imine (C=N–C) groups is 1. The zero-order valence-electron chi connectivity index (χ0n) is 8.85. The molecule has 4 nitrogen and oxygen atoms in total. The Labute approximate surface area is 112 Å². The number of rotatable bonds is 3. The smallest absolute Gasteiger partial charge is 0.115 e. The van der Waals surface area contributed by atoms with Gasteiger partial charge in [-0.05, 0) is 28.1 Å². The van der Waals surface area contributed by atoms with E-state index < -0.39 is 0 Å². The summed E-state index contributed by atoms with van der Waals surface area (Å²) in [5.74, 6) is 0.585. The highest BCUT2D eigenvalue weighted by Crippen LogP contribution is 2.23. The number of nitrogens with zero attached hydrogens (tertiary/aromatic N) is 3. The summed E-state index contributed by atoms with van der Waals surface area (Å²) in [6.45, 7) is 0. The molecule has 0 bridgehead atoms. The molecule has 0 saturated heterocycles. The summed E-state index contributed by atoms with van der Waals surface area (Å²) in [5.41, 5.74) is 7.23. The number of halogens is 2. The van der Waals surface area contributed by atoms with Crippen molar-refractivity contribution in [2.24, 2.45) is 10.7 Å². The third-order valence-corrected chi connectivity index (χ3v) is 2.76. The van der Waals surface area contributed by atoms with Gasteiger partial charge in [0.15, 0.2) is 0 Å². The molecule has 2 aromatic rings. The fourth-order valence-corrected chi connectivity index (χ4v) is 1.71. The molecule has 0 radical (unpaired) electrons. The van der Waals surface area contributed by atoms with E-state index in [1.807, 2.05) is 30.5 Å². The maximum Gasteiger partial charge on any atom is 0.115 e. The molecule has 0 fully saturated rings. The summed E-state index contributed by atoms with van der Waals surface area (Å²) in [7, 11) is 0. The Hall–Kier alpha value is -1.33. The van der Waals surface area contributed by atoms with Crippen LogP contribution in [0.15, 0.2) is 46.1 Å². The second kappa shape index (κ2) is 5.33. The predicted octanol–water partition coefficient (Wildman–Crippen LogP) is 2.86. The van der Waals surface area contributed by atoms with Crippen molar-refractivity contribution < 1.29 is 0 Å². The van der Waals surface area contributed by atoms with Crippen LogP contribution >= 0.6 is 27.5 Å². The highest BCUT2D eigenvalue weighted by atomic mass is 79.9. The molecular weight excluding hydrogens is 304 g/mol. The van der Waals surface area contributed by atoms with Crippen LogP contribution in [0.1, 0.15) is 0 Å². The molecule has 0 saturated carbocycles. The second-order valence-corrected chi connectivity index (χ2v) is 4.51. The van der Waals surface area contributed by atoms with Crippen LogP contribution in [0.25, 0.3) is 5.69 Å². The van der Waals surface area contributed by atoms with Crippen molar-refractivity contribution >= 4 is 39.1 Å². The Morgan fingerprint density at radius 1 is 1.47 bits per heavy atom. The van der Waals surface area contributed by atoms with Gasteiger partial charge < -0.3 is 5.73 Å². The van der Waals surface area contributed by atoms with Gasteiger partial charge in [0.05, 0.1) is 27.9 Å². The lowest BCUT2D eigenvalue weighted by atomic mass is 10.2. The Kier molecular flexibility index (Phi) is 3.81. The summed E-state index contributed by atoms with van der Waals surface area (Å²) in [6, 6.07) is 7.59. The molecule has 2 rings (SSSR count). The first-order valence-corrected chi connectivity index (χ1v) is 6.22. The van der Waals surface area contributed by atoms with Crippen LogP contribution in [-0.2, 0) is 0 Å². The fraction of sp³-hybridized carbons (Fsp3) is 0.0909. The molecule has 0 unspecified atom stereocenters. The molecule has 17 heavy (non-hydrogen) atoms. The molecule has 2 N–H and O–H groups in total. The lowest BCUT2D eigenvalue weighted by molar-refractivity contribution is 0.880. The highest BCUT2D eigenvalue weighted by Gasteiger charge is 2.04. The first-order valence-electron chi connectivity index (χ1n) is 4.89. The fourth-order valence-electron chi connectivity index (χ4n) is 1.37. The Balaban J connectivity index is 2.48. The SMILES string of the molecule is NC(CCl)=Nc1ccccc1-n1cc(Br)cn1. The quantitative estimate of drug-likeness (QED) is 0.538. The molecule has 0 aliphatic carbocycles. The van der Waals surface area contributed by atoms with E-state index in [4.69, 9.17) is 17.3 Å². The van der Waals surface area contributed by atoms with Gasteiger partial charge in [-0.25, -0.2) is 9.67 Å². The molecule has 1 aromatic heterocycles. The molecule has 0 spiro atoms. The van der Waals surface area contributed by atoms with E-state index in [9.17, 15) is 0 Å². The summed E-state index contributed by atoms with van der Waals surface area (Å²) in [4.78, 5) is 4.25. The van der Waals surface area contributed by atoms with Gasteiger partial charge in [0.1, 0.15) is 5.84 Å². The van der Waals surface area contributed by atoms with Gasteiger partial charge in [-0.15, -0.1) is 11.6 Å². The number of aromatic nitrogens is 2. The standard InChI is InChI=1S/C11H10BrClN4/c12-8-6-15-17(7-8)10-4-2-1-3-9(10)16-11(14)5-13/h1-4,6-7H,5H2,(H2,14,16). The number of nitrogens with two attached hydrogens (primary N) is 1. The minimum atomic E-state index is 0.205. The van der Waals surface area contributed by atoms with Crippen molar-refractivity contribution in [3.63, 3.8) is 0 Å². The number of hydrogen-bond donors (Lipinski definition) is 1. The number of benzene rings is 1. The number of para-hydroxylation sites is 2. The maximum atomic E-state index is 5.64. The molecule has 0 atom stereocenters. The minimum absolute atomic E-state index is 0.205. The molecule has 88 valence electrons. The number of hydrogen-bond acceptors (Lipinski definition) is 2. The van der Waals surface area contributed by atoms with Crippen molar-refractivity contribution in [2.75, 3.05) is 5.88 Å². The van der Waals surface area contributed by atoms with Crippen LogP contribution in [-0.4, -0.2) is 21.5 Å². The van der Waals surface area contributed by atoms with Crippen molar-refractivity contribution in [2.45, 2.75) is 0 Å². The zero-order valence-corrected chi connectivity index (χ0v) is 11.2. The van der Waals surface area contributed by atoms with Crippen LogP contribution in [0.3, 0.4) is 0 Å². The summed E-state index contributed by atoms with van der Waals surface area (Å²) >= 11 is 8.97. The van der Waals surface area contributed by atoms with E-state index in [0.29, 0.717) is 5.84 Å². The first kappa shape index (κ1) is 12.1. The molecule has 6 heteroatoms. The van der Waals surface area contributed by atoms with Crippen molar-refractivity contribution in [3.8, 4) is 5.69 Å². The van der Waals surface area contributed by atoms with Crippen molar-refractivity contribution in [3.05, 3.63) is 41.1 Å². The molecule has 1 heterocycles. The zero-order chi connectivity index (χ0) is 12.3. The van der Waals surface area contributed by atoms with Gasteiger partial charge in [-0.3, -0.25) is 0 Å². The normalized spacial score (nSPS) is 11.8. The molecule has 0 aliphatic rings. The van der Waals surface area contributed by atoms with Crippen molar-refractivity contribution in [1.29, 1.82) is 0 Å². The number of alkyl halides is 1. The molecule has 0 aliphatic heterocycles. The van der Waals surface area contributed by atoms with Gasteiger partial charge in [-0.1, -0.05) is 12.1 Å². The third-order valence-electron chi connectivity index (χ3n) is 2.08. The maximum absolute atomic E-state index is 5.64. The molecular formula is C11H10BrClN4. The van der Waals surface area contributed by atoms with Gasteiger partial charge in [0.2, 0.25) is 0 Å². The van der Waals surface area contributed by atoms with Crippen LogP contribution in [0.5, 0.6) is 0 Å². The van der Waals surface area contributed by atoms with Crippen molar-refractivity contribution in [1.82, 2.24) is 9.78 Å². The largest absolute Gasteiger partial charge is 0.386 e. The number of amidine groups is 1. The van der Waals surface area contributed by atoms with E-state index in [-0.39, 0.29) is 5.88 Å². The predicted molar refractivity (Wildman–Crippen MR) is 73.3 cm³/mol. The summed E-state index contributed by atoms with van der Waals surface area (Å²) < 4.78 is 2.63. The van der Waals surface area contributed by atoms with E-state index in [0.717, 1.165) is 15.8 Å². The minimum Gasteiger partial charge on any atom is -0.386 e. The van der Waals surface area contributed by atoms with Crippen LogP contribution in [0.4, 0.5) is 5.69 Å². The van der Waals surface area contributed by atoms with Crippen LogP contribution in [0.2, 0.25) is 0 Å². The van der Waals surface area contributed by atoms with Gasteiger partial charge in [0, 0.05) is 6.20 Å².